The van der Waals surface area contributed by atoms with Gasteiger partial charge < -0.3 is 10.4 Å². The summed E-state index contributed by atoms with van der Waals surface area (Å²) in [5.41, 5.74) is -2.16. The molecule has 0 aliphatic rings. The molecule has 0 saturated carbocycles. The van der Waals surface area contributed by atoms with Gasteiger partial charge in [-0.05, 0) is 23.4 Å². The second-order valence-corrected chi connectivity index (χ2v) is 3.75. The van der Waals surface area contributed by atoms with Gasteiger partial charge in [0.2, 0.25) is 0 Å². The number of tetrazole rings is 1. The summed E-state index contributed by atoms with van der Waals surface area (Å²) in [6.07, 6.45) is -4.69. The fourth-order valence-corrected chi connectivity index (χ4v) is 1.44. The van der Waals surface area contributed by atoms with E-state index in [9.17, 15) is 22.8 Å². The third kappa shape index (κ3) is 3.13. The summed E-state index contributed by atoms with van der Waals surface area (Å²) in [6, 6.07) is 1.91. The number of alkyl halides is 3. The maximum atomic E-state index is 12.5. The lowest BCUT2D eigenvalue weighted by molar-refractivity contribution is -0.137. The molecule has 1 aromatic carbocycles. The van der Waals surface area contributed by atoms with Crippen LogP contribution >= 0.6 is 0 Å². The van der Waals surface area contributed by atoms with E-state index in [0.717, 1.165) is 6.07 Å². The van der Waals surface area contributed by atoms with Crippen LogP contribution in [0.15, 0.2) is 18.2 Å². The van der Waals surface area contributed by atoms with Gasteiger partial charge in [0.15, 0.2) is 0 Å². The van der Waals surface area contributed by atoms with Crippen LogP contribution in [0.1, 0.15) is 26.5 Å². The Balaban J connectivity index is 2.35. The lowest BCUT2D eigenvalue weighted by atomic mass is 10.1. The van der Waals surface area contributed by atoms with Gasteiger partial charge >= 0.3 is 12.1 Å². The van der Waals surface area contributed by atoms with Gasteiger partial charge in [-0.15, -0.1) is 10.2 Å². The van der Waals surface area contributed by atoms with E-state index in [2.05, 4.69) is 20.7 Å². The van der Waals surface area contributed by atoms with Crippen molar-refractivity contribution in [3.05, 3.63) is 35.2 Å². The van der Waals surface area contributed by atoms with Gasteiger partial charge in [-0.2, -0.15) is 18.4 Å². The Morgan fingerprint density at radius 1 is 1.29 bits per heavy atom. The summed E-state index contributed by atoms with van der Waals surface area (Å²) in [5.74, 6) is -2.92. The minimum absolute atomic E-state index is 0.315. The smallest absolute Gasteiger partial charge is 0.416 e. The van der Waals surface area contributed by atoms with E-state index < -0.39 is 29.2 Å². The van der Waals surface area contributed by atoms with Gasteiger partial charge in [0.25, 0.3) is 11.7 Å². The predicted molar refractivity (Wildman–Crippen MR) is 60.5 cm³/mol. The number of hydrogen-bond acceptors (Lipinski definition) is 5. The van der Waals surface area contributed by atoms with E-state index in [4.69, 9.17) is 5.11 Å². The Morgan fingerprint density at radius 2 is 2.00 bits per heavy atom. The van der Waals surface area contributed by atoms with Crippen molar-refractivity contribution in [3.8, 4) is 0 Å². The molecule has 0 aliphatic carbocycles. The van der Waals surface area contributed by atoms with Crippen LogP contribution in [0, 0.1) is 0 Å². The van der Waals surface area contributed by atoms with Gasteiger partial charge in [0.1, 0.15) is 0 Å². The van der Waals surface area contributed by atoms with Crippen LogP contribution in [0.2, 0.25) is 0 Å². The fourth-order valence-electron chi connectivity index (χ4n) is 1.44. The molecule has 0 aliphatic heterocycles. The van der Waals surface area contributed by atoms with Crippen molar-refractivity contribution in [1.29, 1.82) is 0 Å². The number of amides is 1. The molecule has 0 atom stereocenters. The number of carbonyl (C=O) groups excluding carboxylic acids is 1. The highest BCUT2D eigenvalue weighted by Gasteiger charge is 2.32. The zero-order valence-corrected chi connectivity index (χ0v) is 9.97. The summed E-state index contributed by atoms with van der Waals surface area (Å²) in [7, 11) is 0. The first-order valence-electron chi connectivity index (χ1n) is 5.28. The second-order valence-electron chi connectivity index (χ2n) is 3.75. The van der Waals surface area contributed by atoms with Gasteiger partial charge in [-0.1, -0.05) is 0 Å². The quantitative estimate of drug-likeness (QED) is 0.782. The van der Waals surface area contributed by atoms with E-state index >= 15 is 0 Å². The molecule has 0 unspecified atom stereocenters. The normalized spacial score (nSPS) is 11.2. The molecule has 3 N–H and O–H groups in total. The van der Waals surface area contributed by atoms with Crippen LogP contribution in [0.25, 0.3) is 0 Å². The number of H-pyrrole nitrogens is 1. The molecular weight excluding hydrogens is 295 g/mol. The molecule has 0 fully saturated rings. The number of aromatic nitrogens is 4. The number of benzene rings is 1. The average molecular weight is 301 g/mol. The number of carboxylic acids is 1. The first-order valence-corrected chi connectivity index (χ1v) is 5.28. The molecule has 11 heteroatoms. The number of aromatic carboxylic acids is 1. The minimum Gasteiger partial charge on any atom is -0.478 e. The van der Waals surface area contributed by atoms with Crippen LogP contribution in [0.3, 0.4) is 0 Å². The summed E-state index contributed by atoms with van der Waals surface area (Å²) in [5, 5.41) is 22.9. The number of carbonyl (C=O) groups is 2. The Morgan fingerprint density at radius 3 is 2.52 bits per heavy atom. The monoisotopic (exact) mass is 301 g/mol. The Bertz CT molecular complexity index is 684. The molecule has 1 amide bonds. The van der Waals surface area contributed by atoms with E-state index in [0.29, 0.717) is 12.1 Å². The molecule has 21 heavy (non-hydrogen) atoms. The number of rotatable bonds is 3. The van der Waals surface area contributed by atoms with E-state index in [1.54, 1.807) is 0 Å². The molecular formula is C10H6F3N5O3. The average Bonchev–Trinajstić information content (AvgIpc) is 2.91. The van der Waals surface area contributed by atoms with Crippen LogP contribution in [-0.2, 0) is 6.18 Å². The topological polar surface area (TPSA) is 121 Å². The van der Waals surface area contributed by atoms with E-state index in [-0.39, 0.29) is 11.5 Å². The highest BCUT2D eigenvalue weighted by molar-refractivity contribution is 6.05. The lowest BCUT2D eigenvalue weighted by Gasteiger charge is -2.11. The largest absolute Gasteiger partial charge is 0.478 e. The highest BCUT2D eigenvalue weighted by Crippen LogP contribution is 2.31. The van der Waals surface area contributed by atoms with Crippen LogP contribution in [0.5, 0.6) is 0 Å². The van der Waals surface area contributed by atoms with Crippen LogP contribution in [0.4, 0.5) is 18.9 Å². The molecule has 0 spiro atoms. The first-order chi connectivity index (χ1) is 9.79. The zero-order chi connectivity index (χ0) is 15.6. The van der Waals surface area contributed by atoms with Crippen LogP contribution in [-0.4, -0.2) is 37.6 Å². The number of nitrogens with zero attached hydrogens (tertiary/aromatic N) is 3. The summed E-state index contributed by atoms with van der Waals surface area (Å²) < 4.78 is 37.6. The van der Waals surface area contributed by atoms with Crippen molar-refractivity contribution in [2.75, 3.05) is 5.32 Å². The Kier molecular flexibility index (Phi) is 3.56. The molecule has 8 nitrogen and oxygen atoms in total. The van der Waals surface area contributed by atoms with Crippen LogP contribution < -0.4 is 5.32 Å². The molecule has 1 aromatic heterocycles. The number of nitrogens with one attached hydrogen (secondary N) is 2. The van der Waals surface area contributed by atoms with Crippen molar-refractivity contribution in [3.63, 3.8) is 0 Å². The number of anilines is 1. The first kappa shape index (κ1) is 14.4. The van der Waals surface area contributed by atoms with E-state index in [1.807, 2.05) is 5.21 Å². The van der Waals surface area contributed by atoms with Crippen molar-refractivity contribution < 1.29 is 27.9 Å². The van der Waals surface area contributed by atoms with Crippen molar-refractivity contribution in [2.24, 2.45) is 0 Å². The summed E-state index contributed by atoms with van der Waals surface area (Å²) in [4.78, 5) is 22.6. The Labute approximate surface area is 114 Å². The molecule has 0 radical (unpaired) electrons. The van der Waals surface area contributed by atoms with Gasteiger partial charge in [-0.25, -0.2) is 4.79 Å². The fraction of sp³-hybridized carbons (Fsp3) is 0.100. The second kappa shape index (κ2) is 5.19. The van der Waals surface area contributed by atoms with Crippen molar-refractivity contribution >= 4 is 17.6 Å². The summed E-state index contributed by atoms with van der Waals surface area (Å²) in [6.45, 7) is 0. The number of hydrogen-bond donors (Lipinski definition) is 3. The zero-order valence-electron chi connectivity index (χ0n) is 9.97. The standard InChI is InChI=1S/C10H6F3N5O3/c11-10(12,13)4-1-2-6(5(3-4)9(20)21)14-8(19)7-15-17-18-16-7/h1-3H,(H,14,19)(H,20,21)(H,15,16,17,18). The summed E-state index contributed by atoms with van der Waals surface area (Å²) >= 11 is 0. The van der Waals surface area contributed by atoms with Crippen molar-refractivity contribution in [1.82, 2.24) is 20.6 Å². The molecule has 2 rings (SSSR count). The van der Waals surface area contributed by atoms with Gasteiger partial charge in [0, 0.05) is 0 Å². The lowest BCUT2D eigenvalue weighted by Crippen LogP contribution is -2.17. The van der Waals surface area contributed by atoms with Gasteiger partial charge in [-0.3, -0.25) is 4.79 Å². The van der Waals surface area contributed by atoms with Crippen molar-refractivity contribution in [2.45, 2.75) is 6.18 Å². The SMILES string of the molecule is O=C(Nc1ccc(C(F)(F)F)cc1C(=O)O)c1nn[nH]n1. The highest BCUT2D eigenvalue weighted by atomic mass is 19.4. The number of carboxylic acid groups (broad SMARTS) is 1. The molecule has 0 saturated heterocycles. The molecule has 2 aromatic rings. The molecule has 0 bridgehead atoms. The third-order valence-corrected chi connectivity index (χ3v) is 2.37. The maximum Gasteiger partial charge on any atom is 0.416 e. The minimum atomic E-state index is -4.69. The third-order valence-electron chi connectivity index (χ3n) is 2.37. The van der Waals surface area contributed by atoms with Gasteiger partial charge in [0.05, 0.1) is 16.8 Å². The van der Waals surface area contributed by atoms with E-state index in [1.165, 1.54) is 0 Å². The Hall–Kier alpha value is -2.98. The maximum absolute atomic E-state index is 12.5. The number of aromatic amines is 1. The molecule has 1 heterocycles. The molecule has 110 valence electrons. The number of halogens is 3. The predicted octanol–water partition coefficient (Wildman–Crippen LogP) is 1.17.